The number of aryl methyl sites for hydroxylation is 1. The van der Waals surface area contributed by atoms with Gasteiger partial charge in [-0.2, -0.15) is 0 Å². The average molecular weight is 315 g/mol. The molecule has 4 heteroatoms. The van der Waals surface area contributed by atoms with Crippen molar-refractivity contribution in [1.29, 1.82) is 0 Å². The SMILES string of the molecule is CCCNCCCC(C)Nc1cc(OC)cc2c(C)ccnc12. The molecule has 0 aliphatic rings. The number of hydrogen-bond donors (Lipinski definition) is 2. The Hall–Kier alpha value is -1.81. The van der Waals surface area contributed by atoms with E-state index in [0.29, 0.717) is 6.04 Å². The Morgan fingerprint density at radius 2 is 2.09 bits per heavy atom. The minimum absolute atomic E-state index is 0.399. The standard InChI is InChI=1S/C19H29N3O/c1-5-9-20-10-6-7-15(3)22-18-13-16(23-4)12-17-14(2)8-11-21-19(17)18/h8,11-13,15,20,22H,5-7,9-10H2,1-4H3. The third-order valence-corrected chi connectivity index (χ3v) is 4.09. The Labute approximate surface area is 139 Å². The Kier molecular flexibility index (Phi) is 6.66. The summed E-state index contributed by atoms with van der Waals surface area (Å²) in [4.78, 5) is 4.56. The minimum atomic E-state index is 0.399. The number of nitrogens with one attached hydrogen (secondary N) is 2. The molecule has 0 amide bonds. The molecule has 126 valence electrons. The number of nitrogens with zero attached hydrogens (tertiary/aromatic N) is 1. The summed E-state index contributed by atoms with van der Waals surface area (Å²) in [6, 6.07) is 6.54. The van der Waals surface area contributed by atoms with Gasteiger partial charge in [0.1, 0.15) is 5.75 Å². The molecule has 0 radical (unpaired) electrons. The number of anilines is 1. The van der Waals surface area contributed by atoms with Crippen LogP contribution in [-0.4, -0.2) is 31.2 Å². The van der Waals surface area contributed by atoms with Crippen LogP contribution in [0.3, 0.4) is 0 Å². The van der Waals surface area contributed by atoms with Crippen molar-refractivity contribution < 1.29 is 4.74 Å². The van der Waals surface area contributed by atoms with E-state index in [2.05, 4.69) is 42.5 Å². The second kappa shape index (κ2) is 8.73. The van der Waals surface area contributed by atoms with E-state index in [1.54, 1.807) is 7.11 Å². The first-order chi connectivity index (χ1) is 11.2. The van der Waals surface area contributed by atoms with Gasteiger partial charge in [0.25, 0.3) is 0 Å². The van der Waals surface area contributed by atoms with Gasteiger partial charge in [-0.05, 0) is 63.9 Å². The first kappa shape index (κ1) is 17.5. The molecule has 0 saturated heterocycles. The molecule has 2 aromatic rings. The quantitative estimate of drug-likeness (QED) is 0.683. The number of methoxy groups -OCH3 is 1. The van der Waals surface area contributed by atoms with E-state index < -0.39 is 0 Å². The summed E-state index contributed by atoms with van der Waals surface area (Å²) >= 11 is 0. The normalized spacial score (nSPS) is 12.3. The molecule has 1 aromatic carbocycles. The van der Waals surface area contributed by atoms with Gasteiger partial charge in [0, 0.05) is 23.7 Å². The van der Waals surface area contributed by atoms with Crippen LogP contribution in [0.2, 0.25) is 0 Å². The van der Waals surface area contributed by atoms with Crippen molar-refractivity contribution in [1.82, 2.24) is 10.3 Å². The highest BCUT2D eigenvalue weighted by Gasteiger charge is 2.10. The maximum atomic E-state index is 5.45. The summed E-state index contributed by atoms with van der Waals surface area (Å²) in [5.41, 5.74) is 3.28. The fourth-order valence-electron chi connectivity index (χ4n) is 2.76. The largest absolute Gasteiger partial charge is 0.497 e. The molecule has 1 unspecified atom stereocenters. The lowest BCUT2D eigenvalue weighted by atomic mass is 10.1. The first-order valence-corrected chi connectivity index (χ1v) is 8.56. The Bertz CT molecular complexity index is 627. The zero-order valence-electron chi connectivity index (χ0n) is 14.8. The summed E-state index contributed by atoms with van der Waals surface area (Å²) in [5.74, 6) is 0.868. The highest BCUT2D eigenvalue weighted by molar-refractivity contribution is 5.94. The van der Waals surface area contributed by atoms with Crippen molar-refractivity contribution >= 4 is 16.6 Å². The third kappa shape index (κ3) is 4.83. The second-order valence-electron chi connectivity index (χ2n) is 6.14. The number of ether oxygens (including phenoxy) is 1. The average Bonchev–Trinajstić information content (AvgIpc) is 2.55. The van der Waals surface area contributed by atoms with Crippen molar-refractivity contribution in [3.8, 4) is 5.75 Å². The summed E-state index contributed by atoms with van der Waals surface area (Å²) in [7, 11) is 1.71. The summed E-state index contributed by atoms with van der Waals surface area (Å²) in [6.07, 6.45) is 5.35. The lowest BCUT2D eigenvalue weighted by molar-refractivity contribution is 0.415. The van der Waals surface area contributed by atoms with E-state index in [0.717, 1.165) is 41.9 Å². The van der Waals surface area contributed by atoms with Crippen LogP contribution in [0.1, 0.15) is 38.7 Å². The summed E-state index contributed by atoms with van der Waals surface area (Å²) in [5, 5.41) is 8.20. The molecule has 0 aliphatic carbocycles. The smallest absolute Gasteiger partial charge is 0.121 e. The lowest BCUT2D eigenvalue weighted by Gasteiger charge is -2.18. The van der Waals surface area contributed by atoms with E-state index in [1.165, 1.54) is 18.4 Å². The van der Waals surface area contributed by atoms with Gasteiger partial charge in [-0.3, -0.25) is 4.98 Å². The highest BCUT2D eigenvalue weighted by atomic mass is 16.5. The number of aromatic nitrogens is 1. The number of fused-ring (bicyclic) bond motifs is 1. The van der Waals surface area contributed by atoms with Crippen LogP contribution in [0, 0.1) is 6.92 Å². The van der Waals surface area contributed by atoms with E-state index in [9.17, 15) is 0 Å². The molecule has 2 rings (SSSR count). The number of benzene rings is 1. The third-order valence-electron chi connectivity index (χ3n) is 4.09. The van der Waals surface area contributed by atoms with Gasteiger partial charge < -0.3 is 15.4 Å². The van der Waals surface area contributed by atoms with Crippen LogP contribution in [0.5, 0.6) is 5.75 Å². The minimum Gasteiger partial charge on any atom is -0.497 e. The Balaban J connectivity index is 2.08. The van der Waals surface area contributed by atoms with Gasteiger partial charge in [0.05, 0.1) is 18.3 Å². The van der Waals surface area contributed by atoms with Gasteiger partial charge in [-0.25, -0.2) is 0 Å². The van der Waals surface area contributed by atoms with E-state index in [4.69, 9.17) is 4.74 Å². The van der Waals surface area contributed by atoms with Crippen molar-refractivity contribution in [2.45, 2.75) is 46.1 Å². The zero-order valence-corrected chi connectivity index (χ0v) is 14.8. The predicted octanol–water partition coefficient (Wildman–Crippen LogP) is 4.13. The Morgan fingerprint density at radius 1 is 1.26 bits per heavy atom. The molecule has 1 heterocycles. The number of hydrogen-bond acceptors (Lipinski definition) is 4. The second-order valence-corrected chi connectivity index (χ2v) is 6.14. The van der Waals surface area contributed by atoms with Crippen molar-refractivity contribution in [3.05, 3.63) is 30.0 Å². The highest BCUT2D eigenvalue weighted by Crippen LogP contribution is 2.30. The molecule has 0 saturated carbocycles. The van der Waals surface area contributed by atoms with Gasteiger partial charge >= 0.3 is 0 Å². The molecular weight excluding hydrogens is 286 g/mol. The molecule has 0 fully saturated rings. The van der Waals surface area contributed by atoms with Crippen molar-refractivity contribution in [3.63, 3.8) is 0 Å². The van der Waals surface area contributed by atoms with Crippen molar-refractivity contribution in [2.75, 3.05) is 25.5 Å². The molecule has 0 aliphatic heterocycles. The molecule has 23 heavy (non-hydrogen) atoms. The molecule has 1 atom stereocenters. The van der Waals surface area contributed by atoms with E-state index in [-0.39, 0.29) is 0 Å². The van der Waals surface area contributed by atoms with Gasteiger partial charge in [0.15, 0.2) is 0 Å². The molecule has 0 spiro atoms. The van der Waals surface area contributed by atoms with E-state index >= 15 is 0 Å². The van der Waals surface area contributed by atoms with Crippen LogP contribution in [-0.2, 0) is 0 Å². The zero-order chi connectivity index (χ0) is 16.7. The summed E-state index contributed by atoms with van der Waals surface area (Å²) in [6.45, 7) is 8.71. The van der Waals surface area contributed by atoms with Gasteiger partial charge in [0.2, 0.25) is 0 Å². The van der Waals surface area contributed by atoms with Crippen LogP contribution in [0.25, 0.3) is 10.9 Å². The molecule has 4 nitrogen and oxygen atoms in total. The van der Waals surface area contributed by atoms with Crippen LogP contribution < -0.4 is 15.4 Å². The molecule has 2 N–H and O–H groups in total. The molecule has 0 bridgehead atoms. The predicted molar refractivity (Wildman–Crippen MR) is 98.5 cm³/mol. The van der Waals surface area contributed by atoms with Crippen LogP contribution in [0.4, 0.5) is 5.69 Å². The monoisotopic (exact) mass is 315 g/mol. The van der Waals surface area contributed by atoms with Crippen LogP contribution in [0.15, 0.2) is 24.4 Å². The molecular formula is C19H29N3O. The first-order valence-electron chi connectivity index (χ1n) is 8.56. The Morgan fingerprint density at radius 3 is 2.83 bits per heavy atom. The molecule has 1 aromatic heterocycles. The summed E-state index contributed by atoms with van der Waals surface area (Å²) < 4.78 is 5.45. The maximum absolute atomic E-state index is 5.45. The van der Waals surface area contributed by atoms with Crippen LogP contribution >= 0.6 is 0 Å². The van der Waals surface area contributed by atoms with Crippen molar-refractivity contribution in [2.24, 2.45) is 0 Å². The maximum Gasteiger partial charge on any atom is 0.121 e. The van der Waals surface area contributed by atoms with Gasteiger partial charge in [-0.1, -0.05) is 6.92 Å². The topological polar surface area (TPSA) is 46.2 Å². The fraction of sp³-hybridized carbons (Fsp3) is 0.526. The van der Waals surface area contributed by atoms with Gasteiger partial charge in [-0.15, -0.1) is 0 Å². The van der Waals surface area contributed by atoms with E-state index in [1.807, 2.05) is 18.3 Å². The lowest BCUT2D eigenvalue weighted by Crippen LogP contribution is -2.20. The number of rotatable bonds is 9. The fourth-order valence-corrected chi connectivity index (χ4v) is 2.76. The number of pyridine rings is 1.